The summed E-state index contributed by atoms with van der Waals surface area (Å²) in [7, 11) is 0. The lowest BCUT2D eigenvalue weighted by molar-refractivity contribution is 0.0220. The summed E-state index contributed by atoms with van der Waals surface area (Å²) in [6.45, 7) is 3.11. The van der Waals surface area contributed by atoms with E-state index < -0.39 is 5.82 Å². The number of carbonyl (C=O) groups excluding carboxylic acids is 1. The number of rotatable bonds is 4. The van der Waals surface area contributed by atoms with Gasteiger partial charge < -0.3 is 15.1 Å². The number of hydrogen-bond donors (Lipinski definition) is 2. The summed E-state index contributed by atoms with van der Waals surface area (Å²) in [5.41, 5.74) is -0.286. The van der Waals surface area contributed by atoms with Crippen LogP contribution in [0.2, 0.25) is 0 Å². The van der Waals surface area contributed by atoms with Gasteiger partial charge in [-0.15, -0.1) is 0 Å². The largest absolute Gasteiger partial charge is 0.507 e. The fourth-order valence-electron chi connectivity index (χ4n) is 3.17. The van der Waals surface area contributed by atoms with Gasteiger partial charge >= 0.3 is 0 Å². The lowest BCUT2D eigenvalue weighted by Crippen LogP contribution is -2.47. The molecule has 2 N–H and O–H groups in total. The first-order valence-electron chi connectivity index (χ1n) is 7.40. The van der Waals surface area contributed by atoms with E-state index in [0.717, 1.165) is 37.8 Å². The first kappa shape index (κ1) is 15.8. The molecule has 1 heterocycles. The molecule has 1 unspecified atom stereocenters. The molecule has 0 spiro atoms. The first-order chi connectivity index (χ1) is 10.0. The van der Waals surface area contributed by atoms with E-state index in [1.807, 2.05) is 0 Å². The van der Waals surface area contributed by atoms with E-state index in [2.05, 4.69) is 6.92 Å². The van der Waals surface area contributed by atoms with Crippen LogP contribution in [0.1, 0.15) is 43.0 Å². The maximum absolute atomic E-state index is 13.3. The van der Waals surface area contributed by atoms with E-state index in [-0.39, 0.29) is 29.2 Å². The molecule has 1 aliphatic rings. The van der Waals surface area contributed by atoms with Crippen molar-refractivity contribution in [2.75, 3.05) is 19.7 Å². The van der Waals surface area contributed by atoms with Crippen LogP contribution in [0.5, 0.6) is 5.75 Å². The number of amides is 1. The van der Waals surface area contributed by atoms with Crippen LogP contribution in [0.25, 0.3) is 0 Å². The second-order valence-corrected chi connectivity index (χ2v) is 5.90. The van der Waals surface area contributed by atoms with Gasteiger partial charge in [0.05, 0.1) is 12.2 Å². The summed E-state index contributed by atoms with van der Waals surface area (Å²) in [5, 5.41) is 19.5. The van der Waals surface area contributed by atoms with Crippen LogP contribution in [-0.2, 0) is 0 Å². The molecule has 1 aromatic rings. The highest BCUT2D eigenvalue weighted by Crippen LogP contribution is 2.35. The van der Waals surface area contributed by atoms with E-state index in [1.54, 1.807) is 4.90 Å². The van der Waals surface area contributed by atoms with E-state index in [9.17, 15) is 19.4 Å². The van der Waals surface area contributed by atoms with Gasteiger partial charge in [0.2, 0.25) is 0 Å². The van der Waals surface area contributed by atoms with Crippen LogP contribution in [0.3, 0.4) is 0 Å². The molecule has 1 aliphatic heterocycles. The Morgan fingerprint density at radius 2 is 2.24 bits per heavy atom. The molecule has 1 fully saturated rings. The summed E-state index contributed by atoms with van der Waals surface area (Å²) < 4.78 is 13.3. The fourth-order valence-corrected chi connectivity index (χ4v) is 3.17. The molecule has 1 saturated heterocycles. The second kappa shape index (κ2) is 6.43. The van der Waals surface area contributed by atoms with Gasteiger partial charge in [0, 0.05) is 18.5 Å². The lowest BCUT2D eigenvalue weighted by atomic mass is 9.77. The minimum Gasteiger partial charge on any atom is -0.507 e. The van der Waals surface area contributed by atoms with Crippen LogP contribution in [0.15, 0.2) is 18.2 Å². The zero-order chi connectivity index (χ0) is 15.5. The second-order valence-electron chi connectivity index (χ2n) is 5.90. The number of hydrogen-bond acceptors (Lipinski definition) is 3. The monoisotopic (exact) mass is 295 g/mol. The highest BCUT2D eigenvalue weighted by Gasteiger charge is 2.36. The van der Waals surface area contributed by atoms with Gasteiger partial charge in [0.1, 0.15) is 11.6 Å². The number of phenolic OH excluding ortho intramolecular Hbond substituents is 1. The Balaban J connectivity index is 2.21. The number of halogens is 1. The summed E-state index contributed by atoms with van der Waals surface area (Å²) in [4.78, 5) is 14.1. The third-order valence-corrected chi connectivity index (χ3v) is 4.25. The van der Waals surface area contributed by atoms with Crippen molar-refractivity contribution in [3.63, 3.8) is 0 Å². The van der Waals surface area contributed by atoms with E-state index in [4.69, 9.17) is 0 Å². The summed E-state index contributed by atoms with van der Waals surface area (Å²) in [6.07, 6.45) is 3.48. The van der Waals surface area contributed by atoms with Crippen molar-refractivity contribution < 1.29 is 19.4 Å². The molecule has 2 rings (SSSR count). The SMILES string of the molecule is CCCC1(CO)CCCN(C(=O)c2cc(F)ccc2O)C1. The highest BCUT2D eigenvalue weighted by molar-refractivity contribution is 5.96. The molecule has 1 aromatic carbocycles. The molecule has 21 heavy (non-hydrogen) atoms. The van der Waals surface area contributed by atoms with E-state index in [0.29, 0.717) is 13.1 Å². The predicted molar refractivity (Wildman–Crippen MR) is 77.6 cm³/mol. The maximum Gasteiger partial charge on any atom is 0.257 e. The molecule has 1 atom stereocenters. The Labute approximate surface area is 124 Å². The molecule has 0 bridgehead atoms. The van der Waals surface area contributed by atoms with Crippen molar-refractivity contribution in [1.82, 2.24) is 4.90 Å². The number of benzene rings is 1. The molecule has 5 heteroatoms. The van der Waals surface area contributed by atoms with Gasteiger partial charge in [-0.2, -0.15) is 0 Å². The number of nitrogens with zero attached hydrogens (tertiary/aromatic N) is 1. The van der Waals surface area contributed by atoms with Crippen molar-refractivity contribution >= 4 is 5.91 Å². The molecule has 1 amide bonds. The average Bonchev–Trinajstić information content (AvgIpc) is 2.49. The van der Waals surface area contributed by atoms with Gasteiger partial charge in [-0.1, -0.05) is 13.3 Å². The number of carbonyl (C=O) groups is 1. The Hall–Kier alpha value is -1.62. The Bertz CT molecular complexity index is 516. The third kappa shape index (κ3) is 3.35. The van der Waals surface area contributed by atoms with E-state index in [1.165, 1.54) is 6.07 Å². The quantitative estimate of drug-likeness (QED) is 0.897. The van der Waals surface area contributed by atoms with Crippen molar-refractivity contribution in [2.45, 2.75) is 32.6 Å². The Kier molecular flexibility index (Phi) is 4.83. The number of aliphatic hydroxyl groups is 1. The smallest absolute Gasteiger partial charge is 0.257 e. The molecule has 0 aliphatic carbocycles. The van der Waals surface area contributed by atoms with Crippen molar-refractivity contribution in [3.8, 4) is 5.75 Å². The lowest BCUT2D eigenvalue weighted by Gasteiger charge is -2.42. The molecular formula is C16H22FNO3. The predicted octanol–water partition coefficient (Wildman–Crippen LogP) is 2.55. The standard InChI is InChI=1S/C16H22FNO3/c1-2-6-16(11-19)7-3-8-18(10-16)15(21)13-9-12(17)4-5-14(13)20/h4-5,9,19-20H,2-3,6-8,10-11H2,1H3. The Morgan fingerprint density at radius 1 is 1.48 bits per heavy atom. The maximum atomic E-state index is 13.3. The van der Waals surface area contributed by atoms with Crippen LogP contribution in [-0.4, -0.2) is 40.7 Å². The van der Waals surface area contributed by atoms with Gasteiger partial charge in [-0.25, -0.2) is 4.39 Å². The number of aliphatic hydroxyl groups excluding tert-OH is 1. The summed E-state index contributed by atoms with van der Waals surface area (Å²) >= 11 is 0. The highest BCUT2D eigenvalue weighted by atomic mass is 19.1. The first-order valence-corrected chi connectivity index (χ1v) is 7.40. The number of phenols is 1. The molecule has 116 valence electrons. The molecule has 0 radical (unpaired) electrons. The van der Waals surface area contributed by atoms with Gasteiger partial charge in [0.15, 0.2) is 0 Å². The van der Waals surface area contributed by atoms with Crippen molar-refractivity contribution in [2.24, 2.45) is 5.41 Å². The van der Waals surface area contributed by atoms with Crippen LogP contribution in [0, 0.1) is 11.2 Å². The fraction of sp³-hybridized carbons (Fsp3) is 0.562. The molecular weight excluding hydrogens is 273 g/mol. The van der Waals surface area contributed by atoms with Crippen LogP contribution in [0.4, 0.5) is 4.39 Å². The Morgan fingerprint density at radius 3 is 2.90 bits per heavy atom. The minimum atomic E-state index is -0.546. The van der Waals surface area contributed by atoms with Gasteiger partial charge in [-0.05, 0) is 37.5 Å². The van der Waals surface area contributed by atoms with Crippen LogP contribution >= 0.6 is 0 Å². The third-order valence-electron chi connectivity index (χ3n) is 4.25. The topological polar surface area (TPSA) is 60.8 Å². The number of aromatic hydroxyl groups is 1. The zero-order valence-electron chi connectivity index (χ0n) is 12.3. The van der Waals surface area contributed by atoms with Crippen LogP contribution < -0.4 is 0 Å². The number of likely N-dealkylation sites (tertiary alicyclic amines) is 1. The van der Waals surface area contributed by atoms with Crippen molar-refractivity contribution in [1.29, 1.82) is 0 Å². The van der Waals surface area contributed by atoms with Gasteiger partial charge in [-0.3, -0.25) is 4.79 Å². The minimum absolute atomic E-state index is 0.0137. The van der Waals surface area contributed by atoms with E-state index >= 15 is 0 Å². The van der Waals surface area contributed by atoms with Gasteiger partial charge in [0.25, 0.3) is 5.91 Å². The summed E-state index contributed by atoms with van der Waals surface area (Å²) in [6, 6.07) is 3.38. The molecule has 4 nitrogen and oxygen atoms in total. The number of piperidine rings is 1. The summed E-state index contributed by atoms with van der Waals surface area (Å²) in [5.74, 6) is -1.13. The van der Waals surface area contributed by atoms with Crippen molar-refractivity contribution in [3.05, 3.63) is 29.6 Å². The normalized spacial score (nSPS) is 22.3. The average molecular weight is 295 g/mol. The zero-order valence-corrected chi connectivity index (χ0v) is 12.3. The molecule has 0 aromatic heterocycles. The molecule has 0 saturated carbocycles.